The zero-order valence-electron chi connectivity index (χ0n) is 15.0. The zero-order chi connectivity index (χ0) is 18.5. The first-order valence-electron chi connectivity index (χ1n) is 8.79. The second-order valence-corrected chi connectivity index (χ2v) is 7.93. The highest BCUT2D eigenvalue weighted by Gasteiger charge is 2.26. The van der Waals surface area contributed by atoms with Gasteiger partial charge in [-0.2, -0.15) is 5.26 Å². The van der Waals surface area contributed by atoms with Crippen LogP contribution in [0.25, 0.3) is 0 Å². The lowest BCUT2D eigenvalue weighted by Gasteiger charge is -2.31. The van der Waals surface area contributed by atoms with Crippen molar-refractivity contribution in [1.82, 2.24) is 15.2 Å². The van der Waals surface area contributed by atoms with Gasteiger partial charge >= 0.3 is 0 Å². The number of aromatic nitrogens is 3. The lowest BCUT2D eigenvalue weighted by atomic mass is 9.96. The number of rotatable bonds is 5. The first-order valence-corrected chi connectivity index (χ1v) is 9.61. The second-order valence-electron chi connectivity index (χ2n) is 6.87. The molecule has 3 rings (SSSR count). The molecular weight excluding hydrogens is 348 g/mol. The molecule has 1 aliphatic rings. The van der Waals surface area contributed by atoms with Gasteiger partial charge in [-0.05, 0) is 30.9 Å². The highest BCUT2D eigenvalue weighted by molar-refractivity contribution is 7.15. The molecule has 0 saturated carbocycles. The summed E-state index contributed by atoms with van der Waals surface area (Å²) in [6, 6.07) is 5.70. The Morgan fingerprint density at radius 1 is 1.38 bits per heavy atom. The van der Waals surface area contributed by atoms with Crippen molar-refractivity contribution in [1.29, 1.82) is 5.26 Å². The predicted molar refractivity (Wildman–Crippen MR) is 101 cm³/mol. The molecule has 1 aliphatic heterocycles. The maximum Gasteiger partial charge on any atom is 0.229 e. The summed E-state index contributed by atoms with van der Waals surface area (Å²) in [5, 5.41) is 21.5. The number of carbonyl (C=O) groups is 1. The van der Waals surface area contributed by atoms with Gasteiger partial charge in [-0.1, -0.05) is 25.2 Å². The van der Waals surface area contributed by atoms with Gasteiger partial charge < -0.3 is 10.2 Å². The summed E-state index contributed by atoms with van der Waals surface area (Å²) in [6.45, 7) is 5.81. The Morgan fingerprint density at radius 3 is 2.77 bits per heavy atom. The van der Waals surface area contributed by atoms with E-state index in [-0.39, 0.29) is 11.8 Å². The van der Waals surface area contributed by atoms with E-state index in [1.54, 1.807) is 12.3 Å². The monoisotopic (exact) mass is 370 g/mol. The molecule has 7 nitrogen and oxygen atoms in total. The fraction of sp³-hybridized carbons (Fsp3) is 0.500. The third kappa shape index (κ3) is 4.55. The Balaban J connectivity index is 1.51. The normalized spacial score (nSPS) is 15.1. The Labute approximate surface area is 157 Å². The lowest BCUT2D eigenvalue weighted by Crippen LogP contribution is -2.38. The summed E-state index contributed by atoms with van der Waals surface area (Å²) in [4.78, 5) is 19.0. The topological polar surface area (TPSA) is 94.8 Å². The molecule has 0 radical (unpaired) electrons. The minimum atomic E-state index is -0.0259. The van der Waals surface area contributed by atoms with Crippen molar-refractivity contribution in [2.75, 3.05) is 23.3 Å². The molecule has 26 heavy (non-hydrogen) atoms. The van der Waals surface area contributed by atoms with Crippen molar-refractivity contribution in [3.63, 3.8) is 0 Å². The Kier molecular flexibility index (Phi) is 5.78. The van der Waals surface area contributed by atoms with E-state index < -0.39 is 0 Å². The third-order valence-corrected chi connectivity index (χ3v) is 5.21. The number of hydrogen-bond acceptors (Lipinski definition) is 7. The van der Waals surface area contributed by atoms with Gasteiger partial charge in [0.1, 0.15) is 16.9 Å². The summed E-state index contributed by atoms with van der Waals surface area (Å²) in [5.41, 5.74) is 0.553. The smallest absolute Gasteiger partial charge is 0.229 e. The van der Waals surface area contributed by atoms with Crippen LogP contribution in [-0.2, 0) is 11.2 Å². The Bertz CT molecular complexity index is 787. The maximum absolute atomic E-state index is 12.5. The van der Waals surface area contributed by atoms with Gasteiger partial charge in [-0.15, -0.1) is 10.2 Å². The molecule has 3 heterocycles. The maximum atomic E-state index is 12.5. The molecule has 0 atom stereocenters. The van der Waals surface area contributed by atoms with Crippen molar-refractivity contribution >= 4 is 28.2 Å². The molecule has 1 saturated heterocycles. The van der Waals surface area contributed by atoms with E-state index in [4.69, 9.17) is 5.26 Å². The SMILES string of the molecule is CC(C)Cc1nnc(NC(=O)C2CCN(c3ccc(C#N)cn3)CC2)s1. The minimum absolute atomic E-state index is 0.0182. The van der Waals surface area contributed by atoms with Crippen LogP contribution in [0.3, 0.4) is 0 Å². The molecule has 8 heteroatoms. The van der Waals surface area contributed by atoms with Crippen LogP contribution in [0.5, 0.6) is 0 Å². The first-order chi connectivity index (χ1) is 12.5. The molecule has 0 unspecified atom stereocenters. The summed E-state index contributed by atoms with van der Waals surface area (Å²) in [5.74, 6) is 1.36. The van der Waals surface area contributed by atoms with Crippen LogP contribution in [0.4, 0.5) is 10.9 Å². The van der Waals surface area contributed by atoms with Gasteiger partial charge in [0, 0.05) is 31.6 Å². The van der Waals surface area contributed by atoms with E-state index in [2.05, 4.69) is 45.3 Å². The largest absolute Gasteiger partial charge is 0.357 e. The molecule has 136 valence electrons. The van der Waals surface area contributed by atoms with E-state index >= 15 is 0 Å². The number of anilines is 2. The molecule has 1 amide bonds. The van der Waals surface area contributed by atoms with Crippen LogP contribution in [0.1, 0.15) is 37.3 Å². The van der Waals surface area contributed by atoms with Crippen LogP contribution < -0.4 is 10.2 Å². The first kappa shape index (κ1) is 18.3. The van der Waals surface area contributed by atoms with E-state index in [0.717, 1.165) is 43.2 Å². The zero-order valence-corrected chi connectivity index (χ0v) is 15.8. The average Bonchev–Trinajstić information content (AvgIpc) is 3.08. The number of pyridine rings is 1. The number of nitriles is 1. The summed E-state index contributed by atoms with van der Waals surface area (Å²) in [7, 11) is 0. The van der Waals surface area contributed by atoms with Crippen molar-refractivity contribution in [3.8, 4) is 6.07 Å². The highest BCUT2D eigenvalue weighted by atomic mass is 32.1. The standard InChI is InChI=1S/C18H22N6OS/c1-12(2)9-16-22-23-18(26-16)21-17(25)14-5-7-24(8-6-14)15-4-3-13(10-19)11-20-15/h3-4,11-12,14H,5-9H2,1-2H3,(H,21,23,25). The number of nitrogens with one attached hydrogen (secondary N) is 1. The Morgan fingerprint density at radius 2 is 2.15 bits per heavy atom. The third-order valence-electron chi connectivity index (χ3n) is 4.35. The average molecular weight is 370 g/mol. The fourth-order valence-electron chi connectivity index (χ4n) is 2.95. The van der Waals surface area contributed by atoms with Crippen LogP contribution in [0.15, 0.2) is 18.3 Å². The molecule has 0 spiro atoms. The van der Waals surface area contributed by atoms with Crippen molar-refractivity contribution in [2.24, 2.45) is 11.8 Å². The molecule has 2 aromatic heterocycles. The van der Waals surface area contributed by atoms with Gasteiger partial charge in [0.2, 0.25) is 11.0 Å². The Hall–Kier alpha value is -2.53. The number of nitrogens with zero attached hydrogens (tertiary/aromatic N) is 5. The molecule has 0 aliphatic carbocycles. The summed E-state index contributed by atoms with van der Waals surface area (Å²) >= 11 is 1.45. The second kappa shape index (κ2) is 8.23. The van der Waals surface area contributed by atoms with E-state index in [1.807, 2.05) is 6.07 Å². The van der Waals surface area contributed by atoms with Gasteiger partial charge in [-0.25, -0.2) is 4.98 Å². The highest BCUT2D eigenvalue weighted by Crippen LogP contribution is 2.24. The van der Waals surface area contributed by atoms with Crippen LogP contribution in [-0.4, -0.2) is 34.2 Å². The molecule has 1 fully saturated rings. The molecule has 1 N–H and O–H groups in total. The fourth-order valence-corrected chi connectivity index (χ4v) is 3.91. The molecule has 0 aromatic carbocycles. The van der Waals surface area contributed by atoms with Crippen LogP contribution in [0.2, 0.25) is 0 Å². The molecule has 2 aromatic rings. The number of carbonyl (C=O) groups excluding carboxylic acids is 1. The molecular formula is C18H22N6OS. The lowest BCUT2D eigenvalue weighted by molar-refractivity contribution is -0.120. The van der Waals surface area contributed by atoms with E-state index in [9.17, 15) is 4.79 Å². The van der Waals surface area contributed by atoms with Gasteiger partial charge in [0.05, 0.1) is 5.56 Å². The van der Waals surface area contributed by atoms with Gasteiger partial charge in [0.25, 0.3) is 0 Å². The summed E-state index contributed by atoms with van der Waals surface area (Å²) < 4.78 is 0. The number of amides is 1. The number of piperidine rings is 1. The number of hydrogen-bond donors (Lipinski definition) is 1. The van der Waals surface area contributed by atoms with Gasteiger partial charge in [-0.3, -0.25) is 4.79 Å². The van der Waals surface area contributed by atoms with Crippen molar-refractivity contribution in [2.45, 2.75) is 33.1 Å². The van der Waals surface area contributed by atoms with Crippen LogP contribution in [0, 0.1) is 23.2 Å². The van der Waals surface area contributed by atoms with Crippen LogP contribution >= 0.6 is 11.3 Å². The predicted octanol–water partition coefficient (Wildman–Crippen LogP) is 2.86. The minimum Gasteiger partial charge on any atom is -0.357 e. The quantitative estimate of drug-likeness (QED) is 0.869. The van der Waals surface area contributed by atoms with Gasteiger partial charge in [0.15, 0.2) is 0 Å². The van der Waals surface area contributed by atoms with Crippen molar-refractivity contribution < 1.29 is 4.79 Å². The molecule has 0 bridgehead atoms. The van der Waals surface area contributed by atoms with E-state index in [0.29, 0.717) is 16.6 Å². The summed E-state index contributed by atoms with van der Waals surface area (Å²) in [6.07, 6.45) is 4.00. The van der Waals surface area contributed by atoms with E-state index in [1.165, 1.54) is 11.3 Å². The van der Waals surface area contributed by atoms with Crippen molar-refractivity contribution in [3.05, 3.63) is 28.9 Å².